The molecule has 4 rings (SSSR count). The van der Waals surface area contributed by atoms with E-state index in [0.29, 0.717) is 0 Å². The molecule has 2 aromatic rings. The van der Waals surface area contributed by atoms with Crippen molar-refractivity contribution in [3.63, 3.8) is 0 Å². The molecule has 1 aliphatic carbocycles. The summed E-state index contributed by atoms with van der Waals surface area (Å²) in [6.07, 6.45) is 2.86. The normalized spacial score (nSPS) is 22.7. The largest absolute Gasteiger partial charge is 0.486 e. The van der Waals surface area contributed by atoms with Gasteiger partial charge in [-0.2, -0.15) is 0 Å². The van der Waals surface area contributed by atoms with Crippen molar-refractivity contribution < 1.29 is 4.74 Å². The number of hydrogen-bond donors (Lipinski definition) is 1. The zero-order valence-electron chi connectivity index (χ0n) is 10.8. The Kier molecular flexibility index (Phi) is 2.24. The summed E-state index contributed by atoms with van der Waals surface area (Å²) in [6, 6.07) is 16.9. The lowest BCUT2D eigenvalue weighted by atomic mass is 9.85. The van der Waals surface area contributed by atoms with Gasteiger partial charge >= 0.3 is 0 Å². The fraction of sp³-hybridized carbons (Fsp3) is 0.294. The van der Waals surface area contributed by atoms with E-state index in [1.807, 2.05) is 18.2 Å². The molecule has 0 aromatic heterocycles. The van der Waals surface area contributed by atoms with Gasteiger partial charge in [0.2, 0.25) is 0 Å². The van der Waals surface area contributed by atoms with Gasteiger partial charge in [0.25, 0.3) is 0 Å². The molecule has 0 radical (unpaired) electrons. The Hall–Kier alpha value is -1.80. The van der Waals surface area contributed by atoms with E-state index in [1.165, 1.54) is 11.1 Å². The fourth-order valence-electron chi connectivity index (χ4n) is 3.54. The third-order valence-corrected chi connectivity index (χ3v) is 4.38. The molecule has 0 bridgehead atoms. The number of para-hydroxylation sites is 1. The Bertz CT molecular complexity index is 610. The van der Waals surface area contributed by atoms with Gasteiger partial charge in [0.1, 0.15) is 11.4 Å². The van der Waals surface area contributed by atoms with Crippen LogP contribution in [0.1, 0.15) is 29.2 Å². The number of benzene rings is 2. The van der Waals surface area contributed by atoms with Crippen molar-refractivity contribution in [1.82, 2.24) is 0 Å². The number of ether oxygens (including phenoxy) is 1. The Labute approximate surface area is 113 Å². The van der Waals surface area contributed by atoms with Crippen LogP contribution in [-0.2, 0) is 12.8 Å². The van der Waals surface area contributed by atoms with E-state index in [0.717, 1.165) is 30.6 Å². The summed E-state index contributed by atoms with van der Waals surface area (Å²) in [5.41, 5.74) is 10.2. The molecule has 2 aromatic carbocycles. The molecule has 0 amide bonds. The SMILES string of the molecule is NC1CC2(Cc3ccccc3C2)Oc2ccccc21. The second-order valence-corrected chi connectivity index (χ2v) is 5.76. The van der Waals surface area contributed by atoms with Crippen molar-refractivity contribution in [3.8, 4) is 5.75 Å². The van der Waals surface area contributed by atoms with Gasteiger partial charge in [-0.25, -0.2) is 0 Å². The predicted octanol–water partition coefficient (Wildman–Crippen LogP) is 3.01. The third-order valence-electron chi connectivity index (χ3n) is 4.38. The minimum absolute atomic E-state index is 0.0827. The quantitative estimate of drug-likeness (QED) is 0.781. The first kappa shape index (κ1) is 11.1. The summed E-state index contributed by atoms with van der Waals surface area (Å²) in [5.74, 6) is 0.967. The Morgan fingerprint density at radius 2 is 1.58 bits per heavy atom. The van der Waals surface area contributed by atoms with Crippen LogP contribution in [-0.4, -0.2) is 5.60 Å². The molecule has 0 fully saturated rings. The Morgan fingerprint density at radius 3 is 2.32 bits per heavy atom. The van der Waals surface area contributed by atoms with Gasteiger partial charge in [0, 0.05) is 30.9 Å². The molecule has 1 spiro atoms. The second kappa shape index (κ2) is 3.84. The highest BCUT2D eigenvalue weighted by atomic mass is 16.5. The molecular formula is C17H17NO. The summed E-state index contributed by atoms with van der Waals surface area (Å²) in [6.45, 7) is 0. The molecule has 2 aliphatic rings. The van der Waals surface area contributed by atoms with Crippen molar-refractivity contribution in [2.75, 3.05) is 0 Å². The summed E-state index contributed by atoms with van der Waals surface area (Å²) in [5, 5.41) is 0. The standard InChI is InChI=1S/C17H17NO/c18-15-11-17(19-16-8-4-3-7-14(15)16)9-12-5-1-2-6-13(12)10-17/h1-8,15H,9-11,18H2. The molecule has 96 valence electrons. The predicted molar refractivity (Wildman–Crippen MR) is 75.2 cm³/mol. The van der Waals surface area contributed by atoms with Crippen LogP contribution in [0.5, 0.6) is 5.75 Å². The van der Waals surface area contributed by atoms with Crippen molar-refractivity contribution in [3.05, 3.63) is 65.2 Å². The molecule has 2 heteroatoms. The molecule has 0 saturated carbocycles. The number of rotatable bonds is 0. The number of hydrogen-bond acceptors (Lipinski definition) is 2. The highest BCUT2D eigenvalue weighted by Crippen LogP contribution is 2.44. The van der Waals surface area contributed by atoms with Crippen LogP contribution in [0.15, 0.2) is 48.5 Å². The van der Waals surface area contributed by atoms with Gasteiger partial charge in [-0.15, -0.1) is 0 Å². The first-order valence-electron chi connectivity index (χ1n) is 6.86. The molecule has 1 aliphatic heterocycles. The average Bonchev–Trinajstić information content (AvgIpc) is 2.75. The van der Waals surface area contributed by atoms with Gasteiger partial charge < -0.3 is 10.5 Å². The average molecular weight is 251 g/mol. The lowest BCUT2D eigenvalue weighted by Gasteiger charge is -2.38. The zero-order chi connectivity index (χ0) is 12.9. The molecule has 2 nitrogen and oxygen atoms in total. The highest BCUT2D eigenvalue weighted by Gasteiger charge is 2.44. The third kappa shape index (κ3) is 1.67. The molecule has 1 atom stereocenters. The molecule has 19 heavy (non-hydrogen) atoms. The van der Waals surface area contributed by atoms with Crippen molar-refractivity contribution >= 4 is 0 Å². The van der Waals surface area contributed by atoms with Crippen molar-refractivity contribution in [2.24, 2.45) is 5.73 Å². The van der Waals surface area contributed by atoms with Gasteiger partial charge in [-0.3, -0.25) is 0 Å². The fourth-order valence-corrected chi connectivity index (χ4v) is 3.54. The summed E-state index contributed by atoms with van der Waals surface area (Å²) in [7, 11) is 0. The van der Waals surface area contributed by atoms with Crippen molar-refractivity contribution in [1.29, 1.82) is 0 Å². The second-order valence-electron chi connectivity index (χ2n) is 5.76. The van der Waals surface area contributed by atoms with E-state index in [-0.39, 0.29) is 11.6 Å². The maximum Gasteiger partial charge on any atom is 0.124 e. The van der Waals surface area contributed by atoms with Gasteiger partial charge in [-0.1, -0.05) is 42.5 Å². The van der Waals surface area contributed by atoms with Crippen LogP contribution in [0.2, 0.25) is 0 Å². The summed E-state index contributed by atoms with van der Waals surface area (Å²) in [4.78, 5) is 0. The maximum atomic E-state index is 6.36. The van der Waals surface area contributed by atoms with E-state index < -0.39 is 0 Å². The monoisotopic (exact) mass is 251 g/mol. The maximum absolute atomic E-state index is 6.36. The summed E-state index contributed by atoms with van der Waals surface area (Å²) < 4.78 is 6.35. The lowest BCUT2D eigenvalue weighted by Crippen LogP contribution is -2.43. The molecular weight excluding hydrogens is 234 g/mol. The molecule has 0 saturated heterocycles. The number of nitrogens with two attached hydrogens (primary N) is 1. The van der Waals surface area contributed by atoms with E-state index >= 15 is 0 Å². The minimum Gasteiger partial charge on any atom is -0.486 e. The molecule has 1 unspecified atom stereocenters. The minimum atomic E-state index is -0.128. The molecule has 1 heterocycles. The van der Waals surface area contributed by atoms with Crippen LogP contribution in [0.25, 0.3) is 0 Å². The van der Waals surface area contributed by atoms with Crippen LogP contribution in [0.3, 0.4) is 0 Å². The first-order chi connectivity index (χ1) is 9.26. The zero-order valence-corrected chi connectivity index (χ0v) is 10.8. The van der Waals surface area contributed by atoms with Crippen molar-refractivity contribution in [2.45, 2.75) is 30.9 Å². The molecule has 2 N–H and O–H groups in total. The highest BCUT2D eigenvalue weighted by molar-refractivity contribution is 5.43. The van der Waals surface area contributed by atoms with Crippen LogP contribution >= 0.6 is 0 Å². The van der Waals surface area contributed by atoms with Crippen LogP contribution < -0.4 is 10.5 Å². The van der Waals surface area contributed by atoms with E-state index in [2.05, 4.69) is 30.3 Å². The van der Waals surface area contributed by atoms with E-state index in [9.17, 15) is 0 Å². The van der Waals surface area contributed by atoms with E-state index in [4.69, 9.17) is 10.5 Å². The Balaban J connectivity index is 1.73. The topological polar surface area (TPSA) is 35.2 Å². The number of fused-ring (bicyclic) bond motifs is 2. The first-order valence-corrected chi connectivity index (χ1v) is 6.86. The van der Waals surface area contributed by atoms with Gasteiger partial charge in [0.15, 0.2) is 0 Å². The lowest BCUT2D eigenvalue weighted by molar-refractivity contribution is 0.0460. The van der Waals surface area contributed by atoms with Crippen LogP contribution in [0, 0.1) is 0 Å². The van der Waals surface area contributed by atoms with Gasteiger partial charge in [0.05, 0.1) is 0 Å². The smallest absolute Gasteiger partial charge is 0.124 e. The van der Waals surface area contributed by atoms with Gasteiger partial charge in [-0.05, 0) is 17.2 Å². The van der Waals surface area contributed by atoms with Crippen LogP contribution in [0.4, 0.5) is 0 Å². The Morgan fingerprint density at radius 1 is 0.947 bits per heavy atom. The summed E-state index contributed by atoms with van der Waals surface area (Å²) >= 11 is 0. The van der Waals surface area contributed by atoms with E-state index in [1.54, 1.807) is 0 Å².